The van der Waals surface area contributed by atoms with E-state index in [2.05, 4.69) is 16.4 Å². The molecule has 0 radical (unpaired) electrons. The molecule has 0 aliphatic heterocycles. The van der Waals surface area contributed by atoms with E-state index in [4.69, 9.17) is 5.11 Å². The summed E-state index contributed by atoms with van der Waals surface area (Å²) in [6.07, 6.45) is -4.71. The van der Waals surface area contributed by atoms with E-state index >= 15 is 0 Å². The van der Waals surface area contributed by atoms with E-state index in [9.17, 15) is 13.2 Å². The van der Waals surface area contributed by atoms with Crippen molar-refractivity contribution < 1.29 is 18.3 Å². The number of nitrogens with one attached hydrogen (secondary N) is 1. The van der Waals surface area contributed by atoms with E-state index < -0.39 is 17.8 Å². The Morgan fingerprint density at radius 1 is 1.36 bits per heavy atom. The molecule has 0 spiro atoms. The summed E-state index contributed by atoms with van der Waals surface area (Å²) in [5.74, 6) is 0. The predicted octanol–water partition coefficient (Wildman–Crippen LogP) is 2.30. The first kappa shape index (κ1) is 12.5. The highest BCUT2D eigenvalue weighted by atomic mass is 33.1. The van der Waals surface area contributed by atoms with Crippen molar-refractivity contribution in [1.29, 1.82) is 0 Å². The van der Waals surface area contributed by atoms with E-state index in [0.717, 1.165) is 0 Å². The Hall–Kier alpha value is 0.410. The summed E-state index contributed by atoms with van der Waals surface area (Å²) >= 11 is 3.68. The molecule has 1 saturated carbocycles. The van der Waals surface area contributed by atoms with Gasteiger partial charge in [-0.2, -0.15) is 13.2 Å². The van der Waals surface area contributed by atoms with Crippen LogP contribution in [0.5, 0.6) is 0 Å². The summed E-state index contributed by atoms with van der Waals surface area (Å²) in [5, 5.41) is 9.15. The third-order valence-electron chi connectivity index (χ3n) is 2.59. The van der Waals surface area contributed by atoms with Crippen LogP contribution >= 0.6 is 22.6 Å². The van der Waals surface area contributed by atoms with Gasteiger partial charge in [0.1, 0.15) is 5.54 Å². The maximum atomic E-state index is 12.7. The van der Waals surface area contributed by atoms with Crippen molar-refractivity contribution >= 4 is 22.6 Å². The number of hydrogen-bond donors (Lipinski definition) is 3. The van der Waals surface area contributed by atoms with E-state index in [1.807, 2.05) is 0 Å². The minimum Gasteiger partial charge on any atom is -0.393 e. The van der Waals surface area contributed by atoms with Gasteiger partial charge < -0.3 is 5.11 Å². The molecule has 0 aromatic carbocycles. The molecule has 1 aliphatic rings. The Morgan fingerprint density at radius 3 is 2.21 bits per heavy atom. The fraction of sp³-hybridized carbons (Fsp3) is 1.00. The van der Waals surface area contributed by atoms with Gasteiger partial charge in [-0.1, -0.05) is 11.7 Å². The van der Waals surface area contributed by atoms with Crippen LogP contribution in [0.1, 0.15) is 25.7 Å². The summed E-state index contributed by atoms with van der Waals surface area (Å²) in [6.45, 7) is 0. The molecule has 1 fully saturated rings. The van der Waals surface area contributed by atoms with E-state index in [1.165, 1.54) is 0 Å². The highest BCUT2D eigenvalue weighted by molar-refractivity contribution is 8.67. The highest BCUT2D eigenvalue weighted by Gasteiger charge is 2.55. The second-order valence-corrected chi connectivity index (χ2v) is 4.44. The number of thiol groups is 1. The lowest BCUT2D eigenvalue weighted by Crippen LogP contribution is -2.56. The second kappa shape index (κ2) is 4.51. The fourth-order valence-electron chi connectivity index (χ4n) is 1.63. The predicted molar refractivity (Wildman–Crippen MR) is 53.0 cm³/mol. The average Bonchev–Trinajstić information content (AvgIpc) is 2.07. The summed E-state index contributed by atoms with van der Waals surface area (Å²) < 4.78 is 40.5. The first-order chi connectivity index (χ1) is 6.41. The number of alkyl halides is 3. The second-order valence-electron chi connectivity index (χ2n) is 3.50. The van der Waals surface area contributed by atoms with Crippen molar-refractivity contribution in [3.63, 3.8) is 0 Å². The SMILES string of the molecule is O[C@H]1CC[C@@](NSS)(C(F)(F)F)CC1. The lowest BCUT2D eigenvalue weighted by atomic mass is 9.81. The molecule has 2 nitrogen and oxygen atoms in total. The minimum atomic E-state index is -4.29. The van der Waals surface area contributed by atoms with Crippen LogP contribution in [0.15, 0.2) is 0 Å². The molecule has 84 valence electrons. The van der Waals surface area contributed by atoms with Gasteiger partial charge in [0, 0.05) is 0 Å². The molecule has 0 aromatic heterocycles. The van der Waals surface area contributed by atoms with E-state index in [-0.39, 0.29) is 25.7 Å². The Balaban J connectivity index is 2.73. The van der Waals surface area contributed by atoms with Crippen LogP contribution < -0.4 is 4.72 Å². The summed E-state index contributed by atoms with van der Waals surface area (Å²) in [4.78, 5) is 0. The topological polar surface area (TPSA) is 32.3 Å². The molecule has 0 heterocycles. The van der Waals surface area contributed by atoms with Crippen LogP contribution in [0.4, 0.5) is 13.2 Å². The van der Waals surface area contributed by atoms with Crippen molar-refractivity contribution in [2.75, 3.05) is 0 Å². The summed E-state index contributed by atoms with van der Waals surface area (Å²) in [6, 6.07) is 0. The Bertz CT molecular complexity index is 192. The van der Waals surface area contributed by atoms with Crippen LogP contribution in [0.25, 0.3) is 0 Å². The fourth-order valence-corrected chi connectivity index (χ4v) is 2.64. The largest absolute Gasteiger partial charge is 0.407 e. The van der Waals surface area contributed by atoms with Crippen LogP contribution in [-0.4, -0.2) is 22.9 Å². The third kappa shape index (κ3) is 2.50. The molecular weight excluding hydrogens is 235 g/mol. The third-order valence-corrected chi connectivity index (χ3v) is 3.35. The zero-order valence-electron chi connectivity index (χ0n) is 7.34. The van der Waals surface area contributed by atoms with Gasteiger partial charge >= 0.3 is 6.18 Å². The van der Waals surface area contributed by atoms with Crippen molar-refractivity contribution in [1.82, 2.24) is 4.72 Å². The molecule has 0 unspecified atom stereocenters. The maximum Gasteiger partial charge on any atom is 0.407 e. The van der Waals surface area contributed by atoms with Gasteiger partial charge in [0.15, 0.2) is 0 Å². The van der Waals surface area contributed by atoms with Gasteiger partial charge in [0.05, 0.1) is 6.10 Å². The van der Waals surface area contributed by atoms with Gasteiger partial charge in [-0.25, -0.2) is 4.72 Å². The van der Waals surface area contributed by atoms with Gasteiger partial charge in [0.2, 0.25) is 0 Å². The number of aliphatic hydroxyl groups excluding tert-OH is 1. The Morgan fingerprint density at radius 2 is 1.86 bits per heavy atom. The first-order valence-electron chi connectivity index (χ1n) is 4.24. The van der Waals surface area contributed by atoms with Gasteiger partial charge in [-0.15, -0.1) is 0 Å². The van der Waals surface area contributed by atoms with Crippen molar-refractivity contribution in [3.05, 3.63) is 0 Å². The zero-order chi connectivity index (χ0) is 10.8. The summed E-state index contributed by atoms with van der Waals surface area (Å²) in [5.41, 5.74) is -1.88. The molecule has 7 heteroatoms. The Labute approximate surface area is 89.6 Å². The average molecular weight is 247 g/mol. The van der Waals surface area contributed by atoms with Crippen molar-refractivity contribution in [3.8, 4) is 0 Å². The van der Waals surface area contributed by atoms with Crippen LogP contribution in [0.3, 0.4) is 0 Å². The number of rotatable bonds is 2. The van der Waals surface area contributed by atoms with Gasteiger partial charge in [0.25, 0.3) is 0 Å². The molecular formula is C7H12F3NOS2. The monoisotopic (exact) mass is 247 g/mol. The molecule has 14 heavy (non-hydrogen) atoms. The molecule has 0 aromatic rings. The maximum absolute atomic E-state index is 12.7. The number of aliphatic hydroxyl groups is 1. The lowest BCUT2D eigenvalue weighted by molar-refractivity contribution is -0.202. The van der Waals surface area contributed by atoms with E-state index in [0.29, 0.717) is 11.0 Å². The zero-order valence-corrected chi connectivity index (χ0v) is 9.05. The Kier molecular flexibility index (Phi) is 4.02. The number of halogens is 3. The highest BCUT2D eigenvalue weighted by Crippen LogP contribution is 2.42. The van der Waals surface area contributed by atoms with Crippen molar-refractivity contribution in [2.24, 2.45) is 0 Å². The number of hydrogen-bond acceptors (Lipinski definition) is 4. The first-order valence-corrected chi connectivity index (χ1v) is 6.10. The standard InChI is InChI=1S/C7H12F3NOS2/c8-7(9,10)6(11-14-13)3-1-5(12)2-4-6/h5,11-13H,1-4H2/t5-,6-. The van der Waals surface area contributed by atoms with Crippen molar-refractivity contribution in [2.45, 2.75) is 43.5 Å². The van der Waals surface area contributed by atoms with E-state index in [1.54, 1.807) is 0 Å². The molecule has 0 atom stereocenters. The van der Waals surface area contributed by atoms with Crippen LogP contribution in [0, 0.1) is 0 Å². The summed E-state index contributed by atoms with van der Waals surface area (Å²) in [7, 11) is 0.678. The minimum absolute atomic E-state index is 0.0920. The molecule has 0 amide bonds. The molecule has 0 bridgehead atoms. The normalized spacial score (nSPS) is 34.5. The quantitative estimate of drug-likeness (QED) is 0.398. The molecule has 1 aliphatic carbocycles. The van der Waals surface area contributed by atoms with Gasteiger partial charge in [-0.05, 0) is 36.7 Å². The molecule has 1 rings (SSSR count). The smallest absolute Gasteiger partial charge is 0.393 e. The van der Waals surface area contributed by atoms with Gasteiger partial charge in [-0.3, -0.25) is 0 Å². The molecule has 2 N–H and O–H groups in total. The van der Waals surface area contributed by atoms with Crippen LogP contribution in [0.2, 0.25) is 0 Å². The lowest BCUT2D eigenvalue weighted by Gasteiger charge is -2.39. The molecule has 0 saturated heterocycles. The van der Waals surface area contributed by atoms with Crippen LogP contribution in [-0.2, 0) is 0 Å².